The number of fused-ring (bicyclic) bond motifs is 4. The second kappa shape index (κ2) is 9.08. The lowest BCUT2D eigenvalue weighted by atomic mass is 9.72. The Bertz CT molecular complexity index is 1440. The van der Waals surface area contributed by atoms with E-state index < -0.39 is 29.1 Å². The molecule has 1 aliphatic heterocycles. The van der Waals surface area contributed by atoms with Gasteiger partial charge in [0.25, 0.3) is 0 Å². The van der Waals surface area contributed by atoms with E-state index in [9.17, 15) is 10.2 Å². The maximum absolute atomic E-state index is 12.9. The van der Waals surface area contributed by atoms with Crippen molar-refractivity contribution in [3.8, 4) is 23.0 Å². The molecule has 6 rings (SSSR count). The van der Waals surface area contributed by atoms with E-state index in [1.54, 1.807) is 26.4 Å². The summed E-state index contributed by atoms with van der Waals surface area (Å²) < 4.78 is 23.7. The van der Waals surface area contributed by atoms with Gasteiger partial charge in [-0.1, -0.05) is 72.8 Å². The van der Waals surface area contributed by atoms with Crippen LogP contribution >= 0.6 is 0 Å². The van der Waals surface area contributed by atoms with E-state index in [1.165, 1.54) is 7.11 Å². The van der Waals surface area contributed by atoms with Gasteiger partial charge in [0, 0.05) is 24.0 Å². The predicted octanol–water partition coefficient (Wildman–Crippen LogP) is 5.13. The number of hydrogen-bond acceptors (Lipinski definition) is 6. The van der Waals surface area contributed by atoms with Crippen molar-refractivity contribution in [2.75, 3.05) is 21.3 Å². The number of methoxy groups -OCH3 is 3. The Kier molecular flexibility index (Phi) is 5.82. The third kappa shape index (κ3) is 3.27. The monoisotopic (exact) mass is 510 g/mol. The van der Waals surface area contributed by atoms with Crippen molar-refractivity contribution in [3.05, 3.63) is 119 Å². The minimum atomic E-state index is -1.76. The van der Waals surface area contributed by atoms with Crippen molar-refractivity contribution in [1.29, 1.82) is 0 Å². The van der Waals surface area contributed by atoms with Crippen molar-refractivity contribution in [3.63, 3.8) is 0 Å². The van der Waals surface area contributed by atoms with Gasteiger partial charge in [-0.15, -0.1) is 0 Å². The van der Waals surface area contributed by atoms with E-state index in [0.717, 1.165) is 16.7 Å². The molecule has 38 heavy (non-hydrogen) atoms. The van der Waals surface area contributed by atoms with Crippen LogP contribution in [0.5, 0.6) is 23.0 Å². The number of aliphatic hydroxyl groups excluding tert-OH is 1. The van der Waals surface area contributed by atoms with Crippen molar-refractivity contribution < 1.29 is 29.2 Å². The summed E-state index contributed by atoms with van der Waals surface area (Å²) in [6.07, 6.45) is -1.34. The van der Waals surface area contributed by atoms with Gasteiger partial charge in [0.05, 0.1) is 26.9 Å². The van der Waals surface area contributed by atoms with Crippen LogP contribution in [0, 0.1) is 0 Å². The number of hydrogen-bond donors (Lipinski definition) is 2. The SMILES string of the molecule is COc1ccc([C@@]23Oc4cc(OC)cc(OC)c4[C@@](O)(C2O)[C@H](c2ccccc2)[C@H]3c2ccccc2)cc1. The number of aliphatic hydroxyl groups is 2. The average molecular weight is 511 g/mol. The first-order chi connectivity index (χ1) is 18.5. The molecule has 2 N–H and O–H groups in total. The van der Waals surface area contributed by atoms with Crippen LogP contribution in [0.25, 0.3) is 0 Å². The minimum Gasteiger partial charge on any atom is -0.497 e. The quantitative estimate of drug-likeness (QED) is 0.375. The molecule has 2 bridgehead atoms. The molecule has 2 aliphatic rings. The molecule has 1 fully saturated rings. The molecule has 5 atom stereocenters. The first-order valence-electron chi connectivity index (χ1n) is 12.6. The van der Waals surface area contributed by atoms with Crippen LogP contribution in [0.1, 0.15) is 34.1 Å². The maximum Gasteiger partial charge on any atom is 0.170 e. The summed E-state index contributed by atoms with van der Waals surface area (Å²) in [6.45, 7) is 0. The van der Waals surface area contributed by atoms with Crippen LogP contribution in [-0.2, 0) is 11.2 Å². The molecule has 4 aromatic rings. The highest BCUT2D eigenvalue weighted by molar-refractivity contribution is 5.62. The topological polar surface area (TPSA) is 77.4 Å². The largest absolute Gasteiger partial charge is 0.497 e. The maximum atomic E-state index is 12.9. The first kappa shape index (κ1) is 24.3. The number of rotatable bonds is 6. The summed E-state index contributed by atoms with van der Waals surface area (Å²) in [7, 11) is 4.72. The van der Waals surface area contributed by atoms with Gasteiger partial charge in [-0.05, 0) is 28.8 Å². The molecular formula is C32H30O6. The van der Waals surface area contributed by atoms with Crippen molar-refractivity contribution in [1.82, 2.24) is 0 Å². The van der Waals surface area contributed by atoms with Gasteiger partial charge in [0.1, 0.15) is 34.7 Å². The lowest BCUT2D eigenvalue weighted by Crippen LogP contribution is -2.54. The van der Waals surface area contributed by atoms with Crippen LogP contribution in [0.15, 0.2) is 97.1 Å². The van der Waals surface area contributed by atoms with E-state index in [1.807, 2.05) is 84.9 Å². The molecule has 4 aromatic carbocycles. The fraction of sp³-hybridized carbons (Fsp3) is 0.250. The van der Waals surface area contributed by atoms with Crippen molar-refractivity contribution in [2.45, 2.75) is 29.1 Å². The molecule has 6 heteroatoms. The van der Waals surface area contributed by atoms with Crippen LogP contribution < -0.4 is 18.9 Å². The van der Waals surface area contributed by atoms with Gasteiger partial charge in [-0.2, -0.15) is 0 Å². The third-order valence-electron chi connectivity index (χ3n) is 8.13. The molecule has 0 amide bonds. The zero-order valence-electron chi connectivity index (χ0n) is 21.5. The zero-order valence-corrected chi connectivity index (χ0v) is 21.5. The lowest BCUT2D eigenvalue weighted by Gasteiger charge is -2.45. The summed E-state index contributed by atoms with van der Waals surface area (Å²) in [5.74, 6) is 0.957. The second-order valence-electron chi connectivity index (χ2n) is 9.83. The summed E-state index contributed by atoms with van der Waals surface area (Å²) in [6, 6.07) is 30.7. The predicted molar refractivity (Wildman–Crippen MR) is 143 cm³/mol. The molecule has 1 unspecified atom stereocenters. The average Bonchev–Trinajstić information content (AvgIpc) is 3.10. The molecule has 0 aromatic heterocycles. The Labute approximate surface area is 222 Å². The summed E-state index contributed by atoms with van der Waals surface area (Å²) in [5.41, 5.74) is -0.146. The van der Waals surface area contributed by atoms with Crippen molar-refractivity contribution in [2.24, 2.45) is 0 Å². The first-order valence-corrected chi connectivity index (χ1v) is 12.6. The fourth-order valence-electron chi connectivity index (χ4n) is 6.54. The molecule has 0 saturated heterocycles. The van der Waals surface area contributed by atoms with E-state index in [-0.39, 0.29) is 0 Å². The van der Waals surface area contributed by atoms with Gasteiger partial charge in [-0.3, -0.25) is 0 Å². The molecule has 0 radical (unpaired) electrons. The standard InChI is InChI=1S/C32H30O6/c1-35-23-16-14-22(15-17-23)32-28(21-12-8-5-9-13-21)27(20-10-6-4-7-11-20)31(34,30(32)33)29-25(37-3)18-24(36-2)19-26(29)38-32/h4-19,27-28,30,33-34H,1-3H3/t27-,28-,30?,31-,32+/m1/s1. The molecule has 1 heterocycles. The number of ether oxygens (including phenoxy) is 4. The fourth-order valence-corrected chi connectivity index (χ4v) is 6.54. The Morgan fingerprint density at radius 2 is 1.26 bits per heavy atom. The third-order valence-corrected chi connectivity index (χ3v) is 8.13. The Hall–Kier alpha value is -4.00. The minimum absolute atomic E-state index is 0.388. The lowest BCUT2D eigenvalue weighted by molar-refractivity contribution is -0.151. The molecular weight excluding hydrogens is 480 g/mol. The van der Waals surface area contributed by atoms with E-state index in [4.69, 9.17) is 18.9 Å². The highest BCUT2D eigenvalue weighted by Crippen LogP contribution is 2.70. The Morgan fingerprint density at radius 1 is 0.684 bits per heavy atom. The van der Waals surface area contributed by atoms with Gasteiger partial charge in [-0.25, -0.2) is 0 Å². The van der Waals surface area contributed by atoms with Crippen LogP contribution in [0.4, 0.5) is 0 Å². The summed E-state index contributed by atoms with van der Waals surface area (Å²) in [4.78, 5) is 0. The zero-order chi connectivity index (χ0) is 26.5. The summed E-state index contributed by atoms with van der Waals surface area (Å²) in [5, 5.41) is 25.3. The second-order valence-corrected chi connectivity index (χ2v) is 9.83. The highest BCUT2D eigenvalue weighted by Gasteiger charge is 2.74. The Morgan fingerprint density at radius 3 is 1.82 bits per heavy atom. The molecule has 6 nitrogen and oxygen atoms in total. The van der Waals surface area contributed by atoms with Crippen LogP contribution in [0.2, 0.25) is 0 Å². The van der Waals surface area contributed by atoms with Gasteiger partial charge in [0.2, 0.25) is 0 Å². The molecule has 1 saturated carbocycles. The summed E-state index contributed by atoms with van der Waals surface area (Å²) >= 11 is 0. The Balaban J connectivity index is 1.73. The molecule has 194 valence electrons. The van der Waals surface area contributed by atoms with Gasteiger partial charge in [0.15, 0.2) is 5.60 Å². The van der Waals surface area contributed by atoms with E-state index in [2.05, 4.69) is 0 Å². The van der Waals surface area contributed by atoms with Crippen LogP contribution in [-0.4, -0.2) is 37.6 Å². The smallest absolute Gasteiger partial charge is 0.170 e. The van der Waals surface area contributed by atoms with Crippen molar-refractivity contribution >= 4 is 0 Å². The molecule has 1 aliphatic carbocycles. The van der Waals surface area contributed by atoms with Gasteiger partial charge < -0.3 is 29.2 Å². The van der Waals surface area contributed by atoms with E-state index in [0.29, 0.717) is 28.6 Å². The van der Waals surface area contributed by atoms with E-state index >= 15 is 0 Å². The number of benzene rings is 4. The highest BCUT2D eigenvalue weighted by atomic mass is 16.5. The van der Waals surface area contributed by atoms with Crippen LogP contribution in [0.3, 0.4) is 0 Å². The van der Waals surface area contributed by atoms with Gasteiger partial charge >= 0.3 is 0 Å². The molecule has 0 spiro atoms. The normalized spacial score (nSPS) is 27.2.